The summed E-state index contributed by atoms with van der Waals surface area (Å²) in [5, 5.41) is 9.44. The second kappa shape index (κ2) is 4.72. The van der Waals surface area contributed by atoms with Gasteiger partial charge in [0.25, 0.3) is 5.91 Å². The molecule has 1 aromatic rings. The third-order valence-corrected chi connectivity index (χ3v) is 4.42. The van der Waals surface area contributed by atoms with E-state index in [-0.39, 0.29) is 23.1 Å². The van der Waals surface area contributed by atoms with Crippen LogP contribution in [0.5, 0.6) is 0 Å². The highest BCUT2D eigenvalue weighted by Crippen LogP contribution is 2.21. The molecule has 0 radical (unpaired) electrons. The molecule has 2 rings (SSSR count). The van der Waals surface area contributed by atoms with Crippen molar-refractivity contribution in [2.75, 3.05) is 12.3 Å². The highest BCUT2D eigenvalue weighted by atomic mass is 32.2. The summed E-state index contributed by atoms with van der Waals surface area (Å²) >= 11 is 0. The second-order valence-electron chi connectivity index (χ2n) is 4.98. The van der Waals surface area contributed by atoms with Gasteiger partial charge in [-0.1, -0.05) is 13.8 Å². The Morgan fingerprint density at radius 3 is 2.89 bits per heavy atom. The van der Waals surface area contributed by atoms with Gasteiger partial charge in [-0.2, -0.15) is 5.10 Å². The summed E-state index contributed by atoms with van der Waals surface area (Å²) in [5.41, 5.74) is 1.51. The molecule has 0 aromatic carbocycles. The highest BCUT2D eigenvalue weighted by Gasteiger charge is 2.28. The minimum absolute atomic E-state index is 0.0940. The van der Waals surface area contributed by atoms with Gasteiger partial charge in [-0.05, 0) is 5.92 Å². The molecule has 100 valence electrons. The number of carbonyl (C=O) groups excluding carboxylic acids is 1. The zero-order valence-electron chi connectivity index (χ0n) is 10.5. The highest BCUT2D eigenvalue weighted by molar-refractivity contribution is 7.90. The minimum atomic E-state index is -3.09. The van der Waals surface area contributed by atoms with Gasteiger partial charge in [0.15, 0.2) is 15.5 Å². The monoisotopic (exact) mass is 271 g/mol. The Balaban J connectivity index is 2.21. The molecule has 0 atom stereocenters. The molecule has 2 heterocycles. The molecule has 2 N–H and O–H groups in total. The number of hydrogen-bond acceptors (Lipinski definition) is 4. The van der Waals surface area contributed by atoms with E-state index in [2.05, 4.69) is 15.5 Å². The predicted molar refractivity (Wildman–Crippen MR) is 67.0 cm³/mol. The van der Waals surface area contributed by atoms with Crippen LogP contribution in [0.1, 0.15) is 35.6 Å². The largest absolute Gasteiger partial charge is 0.350 e. The summed E-state index contributed by atoms with van der Waals surface area (Å²) in [7, 11) is -3.09. The van der Waals surface area contributed by atoms with Crippen molar-refractivity contribution >= 4 is 15.7 Å². The van der Waals surface area contributed by atoms with Gasteiger partial charge in [0.05, 0.1) is 11.5 Å². The van der Waals surface area contributed by atoms with Crippen LogP contribution in [0.25, 0.3) is 0 Å². The van der Waals surface area contributed by atoms with Crippen LogP contribution in [0, 0.1) is 5.92 Å². The smallest absolute Gasteiger partial charge is 0.272 e. The first kappa shape index (κ1) is 13.1. The maximum Gasteiger partial charge on any atom is 0.272 e. The fourth-order valence-corrected chi connectivity index (χ4v) is 3.29. The Hall–Kier alpha value is -1.37. The molecule has 0 saturated heterocycles. The average molecular weight is 271 g/mol. The van der Waals surface area contributed by atoms with Crippen molar-refractivity contribution in [1.82, 2.24) is 15.5 Å². The third kappa shape index (κ3) is 2.72. The van der Waals surface area contributed by atoms with E-state index in [0.29, 0.717) is 24.4 Å². The number of hydrogen-bond donors (Lipinski definition) is 2. The van der Waals surface area contributed by atoms with E-state index in [4.69, 9.17) is 0 Å². The van der Waals surface area contributed by atoms with Crippen molar-refractivity contribution in [3.05, 3.63) is 17.0 Å². The lowest BCUT2D eigenvalue weighted by Crippen LogP contribution is -2.29. The summed E-state index contributed by atoms with van der Waals surface area (Å²) in [4.78, 5) is 11.9. The lowest BCUT2D eigenvalue weighted by atomic mass is 10.1. The Bertz CT molecular complexity index is 560. The molecule has 1 aliphatic rings. The normalized spacial score (nSPS) is 17.5. The number of sulfone groups is 1. The number of fused-ring (bicyclic) bond motifs is 1. The number of aromatic nitrogens is 2. The van der Waals surface area contributed by atoms with Crippen LogP contribution < -0.4 is 5.32 Å². The van der Waals surface area contributed by atoms with Crippen molar-refractivity contribution in [2.24, 2.45) is 5.92 Å². The molecule has 0 bridgehead atoms. The summed E-state index contributed by atoms with van der Waals surface area (Å²) < 4.78 is 23.2. The molecule has 6 nitrogen and oxygen atoms in total. The number of aryl methyl sites for hydroxylation is 1. The Kier molecular flexibility index (Phi) is 3.43. The Morgan fingerprint density at radius 2 is 2.22 bits per heavy atom. The number of nitrogens with one attached hydrogen (secondary N) is 2. The lowest BCUT2D eigenvalue weighted by molar-refractivity contribution is 0.0943. The molecule has 1 aliphatic heterocycles. The van der Waals surface area contributed by atoms with Crippen LogP contribution in [0.15, 0.2) is 0 Å². The fraction of sp³-hybridized carbons (Fsp3) is 0.636. The zero-order chi connectivity index (χ0) is 13.3. The topological polar surface area (TPSA) is 91.9 Å². The van der Waals surface area contributed by atoms with Crippen LogP contribution >= 0.6 is 0 Å². The van der Waals surface area contributed by atoms with E-state index in [0.717, 1.165) is 5.69 Å². The molecule has 7 heteroatoms. The van der Waals surface area contributed by atoms with Crippen molar-refractivity contribution in [2.45, 2.75) is 26.0 Å². The van der Waals surface area contributed by atoms with Gasteiger partial charge in [0.1, 0.15) is 0 Å². The van der Waals surface area contributed by atoms with E-state index >= 15 is 0 Å². The van der Waals surface area contributed by atoms with E-state index < -0.39 is 9.84 Å². The van der Waals surface area contributed by atoms with Crippen molar-refractivity contribution in [1.29, 1.82) is 0 Å². The molecular formula is C11H17N3O3S. The van der Waals surface area contributed by atoms with Gasteiger partial charge < -0.3 is 5.32 Å². The van der Waals surface area contributed by atoms with Gasteiger partial charge in [0.2, 0.25) is 0 Å². The van der Waals surface area contributed by atoms with Gasteiger partial charge in [-0.25, -0.2) is 8.42 Å². The molecule has 0 unspecified atom stereocenters. The van der Waals surface area contributed by atoms with Crippen LogP contribution in [0.2, 0.25) is 0 Å². The van der Waals surface area contributed by atoms with Crippen LogP contribution in [0.3, 0.4) is 0 Å². The molecule has 0 saturated carbocycles. The number of amides is 1. The summed E-state index contributed by atoms with van der Waals surface area (Å²) in [6, 6.07) is 0. The Labute approximate surface area is 106 Å². The van der Waals surface area contributed by atoms with E-state index in [1.54, 1.807) is 0 Å². The first-order valence-electron chi connectivity index (χ1n) is 5.94. The summed E-state index contributed by atoms with van der Waals surface area (Å²) in [6.45, 7) is 4.53. The molecule has 1 aromatic heterocycles. The SMILES string of the molecule is CC(C)CNC(=O)c1n[nH]c2c1CS(=O)(=O)CC2. The van der Waals surface area contributed by atoms with E-state index in [1.807, 2.05) is 13.8 Å². The van der Waals surface area contributed by atoms with E-state index in [1.165, 1.54) is 0 Å². The lowest BCUT2D eigenvalue weighted by Gasteiger charge is -2.12. The van der Waals surface area contributed by atoms with Gasteiger partial charge in [-0.15, -0.1) is 0 Å². The van der Waals surface area contributed by atoms with Gasteiger partial charge >= 0.3 is 0 Å². The quantitative estimate of drug-likeness (QED) is 0.825. The molecule has 0 aliphatic carbocycles. The minimum Gasteiger partial charge on any atom is -0.350 e. The van der Waals surface area contributed by atoms with Gasteiger partial charge in [0, 0.05) is 24.2 Å². The first-order chi connectivity index (χ1) is 8.39. The van der Waals surface area contributed by atoms with Gasteiger partial charge in [-0.3, -0.25) is 9.89 Å². The molecule has 0 spiro atoms. The fourth-order valence-electron chi connectivity index (χ4n) is 1.88. The standard InChI is InChI=1S/C11H17N3O3S/c1-7(2)5-12-11(15)10-8-6-18(16,17)4-3-9(8)13-14-10/h7H,3-6H2,1-2H3,(H,12,15)(H,13,14). The average Bonchev–Trinajstić information content (AvgIpc) is 2.67. The number of H-pyrrole nitrogens is 1. The van der Waals surface area contributed by atoms with Crippen LogP contribution in [-0.2, 0) is 22.0 Å². The van der Waals surface area contributed by atoms with Crippen molar-refractivity contribution < 1.29 is 13.2 Å². The second-order valence-corrected chi connectivity index (χ2v) is 7.16. The molecule has 18 heavy (non-hydrogen) atoms. The third-order valence-electron chi connectivity index (χ3n) is 2.87. The number of aromatic amines is 1. The first-order valence-corrected chi connectivity index (χ1v) is 7.76. The summed E-state index contributed by atoms with van der Waals surface area (Å²) in [6.07, 6.45) is 0.405. The molecular weight excluding hydrogens is 254 g/mol. The maximum atomic E-state index is 11.9. The molecule has 0 fully saturated rings. The van der Waals surface area contributed by atoms with Crippen LogP contribution in [-0.4, -0.2) is 36.8 Å². The number of carbonyl (C=O) groups is 1. The predicted octanol–water partition coefficient (Wildman–Crippen LogP) is 0.266. The number of rotatable bonds is 3. The van der Waals surface area contributed by atoms with Crippen LogP contribution in [0.4, 0.5) is 0 Å². The van der Waals surface area contributed by atoms with Crippen molar-refractivity contribution in [3.8, 4) is 0 Å². The van der Waals surface area contributed by atoms with E-state index in [9.17, 15) is 13.2 Å². The summed E-state index contributed by atoms with van der Waals surface area (Å²) in [5.74, 6) is 0.0594. The number of nitrogens with zero attached hydrogens (tertiary/aromatic N) is 1. The van der Waals surface area contributed by atoms with Crippen molar-refractivity contribution in [3.63, 3.8) is 0 Å². The Morgan fingerprint density at radius 1 is 1.50 bits per heavy atom. The molecule has 1 amide bonds. The maximum absolute atomic E-state index is 11.9. The zero-order valence-corrected chi connectivity index (χ0v) is 11.3.